The number of carboxylic acid groups (broad SMARTS) is 1. The van der Waals surface area contributed by atoms with Crippen LogP contribution in [0.5, 0.6) is 0 Å². The zero-order chi connectivity index (χ0) is 13.0. The van der Waals surface area contributed by atoms with E-state index in [0.717, 1.165) is 23.7 Å². The molecule has 4 saturated carbocycles. The molecule has 102 valence electrons. The highest BCUT2D eigenvalue weighted by atomic mass is 16.4. The van der Waals surface area contributed by atoms with Crippen molar-refractivity contribution in [3.8, 4) is 0 Å². The number of carboxylic acids is 1. The quantitative estimate of drug-likeness (QED) is 0.908. The van der Waals surface area contributed by atoms with E-state index >= 15 is 0 Å². The zero-order valence-corrected chi connectivity index (χ0v) is 11.0. The van der Waals surface area contributed by atoms with Gasteiger partial charge < -0.3 is 5.11 Å². The monoisotopic (exact) mass is 260 g/mol. The maximum absolute atomic E-state index is 10.7. The molecule has 0 saturated heterocycles. The van der Waals surface area contributed by atoms with E-state index in [9.17, 15) is 4.79 Å². The van der Waals surface area contributed by atoms with Gasteiger partial charge in [-0.2, -0.15) is 5.10 Å². The van der Waals surface area contributed by atoms with Crippen molar-refractivity contribution in [2.24, 2.45) is 23.7 Å². The van der Waals surface area contributed by atoms with E-state index in [-0.39, 0.29) is 6.42 Å². The van der Waals surface area contributed by atoms with E-state index in [2.05, 4.69) is 9.78 Å². The molecule has 0 atom stereocenters. The molecule has 1 aromatic rings. The van der Waals surface area contributed by atoms with Crippen molar-refractivity contribution in [1.29, 1.82) is 0 Å². The Balaban J connectivity index is 1.58. The molecule has 4 nitrogen and oxygen atoms in total. The van der Waals surface area contributed by atoms with Crippen LogP contribution in [-0.2, 0) is 11.2 Å². The van der Waals surface area contributed by atoms with E-state index in [0.29, 0.717) is 11.7 Å². The van der Waals surface area contributed by atoms with Crippen molar-refractivity contribution in [1.82, 2.24) is 9.78 Å². The number of nitrogens with zero attached hydrogens (tertiary/aromatic N) is 2. The molecule has 19 heavy (non-hydrogen) atoms. The maximum Gasteiger partial charge on any atom is 0.309 e. The van der Waals surface area contributed by atoms with Crippen molar-refractivity contribution < 1.29 is 9.90 Å². The van der Waals surface area contributed by atoms with Crippen molar-refractivity contribution in [3.05, 3.63) is 18.0 Å². The Kier molecular flexibility index (Phi) is 2.47. The lowest BCUT2D eigenvalue weighted by molar-refractivity contribution is -0.136. The summed E-state index contributed by atoms with van der Waals surface area (Å²) in [6.45, 7) is 0. The summed E-state index contributed by atoms with van der Waals surface area (Å²) in [5.74, 6) is 2.71. The summed E-state index contributed by atoms with van der Waals surface area (Å²) in [5, 5.41) is 13.4. The highest BCUT2D eigenvalue weighted by Crippen LogP contribution is 2.58. The van der Waals surface area contributed by atoms with Crippen LogP contribution in [0.25, 0.3) is 0 Å². The third-order valence-corrected chi connectivity index (χ3v) is 5.48. The van der Waals surface area contributed by atoms with Gasteiger partial charge in [0.05, 0.1) is 18.2 Å². The summed E-state index contributed by atoms with van der Waals surface area (Å²) < 4.78 is 2.09. The van der Waals surface area contributed by atoms with Crippen LogP contribution < -0.4 is 0 Å². The molecule has 0 aromatic carbocycles. The Morgan fingerprint density at radius 3 is 2.42 bits per heavy atom. The molecular weight excluding hydrogens is 240 g/mol. The molecule has 1 aromatic heterocycles. The standard InChI is InChI=1S/C15H20N2O2/c18-14(19)8-13-1-2-17(16-13)15-11-4-9-3-10(6-11)7-12(15)5-9/h1-2,9-12,15H,3-8H2,(H,18,19). The number of hydrogen-bond acceptors (Lipinski definition) is 2. The van der Waals surface area contributed by atoms with Gasteiger partial charge in [0.1, 0.15) is 0 Å². The fourth-order valence-electron chi connectivity index (χ4n) is 5.12. The maximum atomic E-state index is 10.7. The molecule has 4 aliphatic carbocycles. The molecule has 5 rings (SSSR count). The topological polar surface area (TPSA) is 55.1 Å². The van der Waals surface area contributed by atoms with Gasteiger partial charge in [0, 0.05) is 6.20 Å². The zero-order valence-electron chi connectivity index (χ0n) is 11.0. The summed E-state index contributed by atoms with van der Waals surface area (Å²) in [6.07, 6.45) is 8.98. The van der Waals surface area contributed by atoms with Gasteiger partial charge in [-0.15, -0.1) is 0 Å². The van der Waals surface area contributed by atoms with Crippen LogP contribution in [0.2, 0.25) is 0 Å². The second-order valence-corrected chi connectivity index (χ2v) is 6.78. The Hall–Kier alpha value is -1.32. The fourth-order valence-corrected chi connectivity index (χ4v) is 5.12. The molecule has 4 aliphatic rings. The molecule has 1 heterocycles. The number of carbonyl (C=O) groups is 1. The fraction of sp³-hybridized carbons (Fsp3) is 0.733. The van der Waals surface area contributed by atoms with Crippen LogP contribution in [0, 0.1) is 23.7 Å². The molecule has 0 unspecified atom stereocenters. The predicted molar refractivity (Wildman–Crippen MR) is 69.6 cm³/mol. The first-order chi connectivity index (χ1) is 9.19. The van der Waals surface area contributed by atoms with Gasteiger partial charge in [0.15, 0.2) is 0 Å². The lowest BCUT2D eigenvalue weighted by atomic mass is 9.54. The van der Waals surface area contributed by atoms with E-state index in [4.69, 9.17) is 5.11 Å². The third-order valence-electron chi connectivity index (χ3n) is 5.48. The van der Waals surface area contributed by atoms with Crippen LogP contribution in [0.4, 0.5) is 0 Å². The average Bonchev–Trinajstić information content (AvgIpc) is 2.75. The molecule has 0 radical (unpaired) electrons. The lowest BCUT2D eigenvalue weighted by Crippen LogP contribution is -2.46. The Morgan fingerprint density at radius 1 is 1.21 bits per heavy atom. The van der Waals surface area contributed by atoms with Gasteiger partial charge >= 0.3 is 5.97 Å². The summed E-state index contributed by atoms with van der Waals surface area (Å²) >= 11 is 0. The molecule has 0 aliphatic heterocycles. The van der Waals surface area contributed by atoms with Crippen LogP contribution in [-0.4, -0.2) is 20.9 Å². The Morgan fingerprint density at radius 2 is 1.84 bits per heavy atom. The van der Waals surface area contributed by atoms with Gasteiger partial charge in [-0.3, -0.25) is 9.48 Å². The second kappa shape index (κ2) is 4.09. The molecule has 4 fully saturated rings. The van der Waals surface area contributed by atoms with Crippen LogP contribution >= 0.6 is 0 Å². The van der Waals surface area contributed by atoms with E-state index in [1.165, 1.54) is 32.1 Å². The normalized spacial score (nSPS) is 39.7. The number of aromatic nitrogens is 2. The Labute approximate surface area is 112 Å². The minimum absolute atomic E-state index is 0.0420. The summed E-state index contributed by atoms with van der Waals surface area (Å²) in [4.78, 5) is 10.7. The number of hydrogen-bond donors (Lipinski definition) is 1. The van der Waals surface area contributed by atoms with Gasteiger partial charge in [0.2, 0.25) is 0 Å². The van der Waals surface area contributed by atoms with E-state index in [1.807, 2.05) is 12.3 Å². The molecule has 4 heteroatoms. The predicted octanol–water partition coefficient (Wildman–Crippen LogP) is 2.51. The van der Waals surface area contributed by atoms with E-state index < -0.39 is 5.97 Å². The van der Waals surface area contributed by atoms with E-state index in [1.54, 1.807) is 0 Å². The van der Waals surface area contributed by atoms with Gasteiger partial charge in [-0.1, -0.05) is 0 Å². The minimum Gasteiger partial charge on any atom is -0.481 e. The average molecular weight is 260 g/mol. The number of rotatable bonds is 3. The lowest BCUT2D eigenvalue weighted by Gasteiger charge is -2.54. The SMILES string of the molecule is O=C(O)Cc1ccn(C2C3CC4CC(C3)CC2C4)n1. The summed E-state index contributed by atoms with van der Waals surface area (Å²) in [6, 6.07) is 2.41. The third kappa shape index (κ3) is 1.88. The van der Waals surface area contributed by atoms with Crippen LogP contribution in [0.15, 0.2) is 12.3 Å². The first-order valence-electron chi connectivity index (χ1n) is 7.45. The molecule has 1 N–H and O–H groups in total. The summed E-state index contributed by atoms with van der Waals surface area (Å²) in [7, 11) is 0. The molecule has 0 spiro atoms. The first kappa shape index (κ1) is 11.5. The van der Waals surface area contributed by atoms with Gasteiger partial charge in [-0.25, -0.2) is 0 Å². The highest BCUT2D eigenvalue weighted by molar-refractivity contribution is 5.69. The smallest absolute Gasteiger partial charge is 0.309 e. The van der Waals surface area contributed by atoms with Gasteiger partial charge in [0.25, 0.3) is 0 Å². The van der Waals surface area contributed by atoms with Crippen molar-refractivity contribution >= 4 is 5.97 Å². The minimum atomic E-state index is -0.796. The number of aliphatic carboxylic acids is 1. The largest absolute Gasteiger partial charge is 0.481 e. The van der Waals surface area contributed by atoms with Crippen LogP contribution in [0.3, 0.4) is 0 Å². The second-order valence-electron chi connectivity index (χ2n) is 6.78. The van der Waals surface area contributed by atoms with Crippen LogP contribution in [0.1, 0.15) is 43.8 Å². The van der Waals surface area contributed by atoms with Crippen molar-refractivity contribution in [2.45, 2.75) is 44.6 Å². The molecule has 4 bridgehead atoms. The Bertz CT molecular complexity index is 480. The summed E-state index contributed by atoms with van der Waals surface area (Å²) in [5.41, 5.74) is 0.696. The highest BCUT2D eigenvalue weighted by Gasteiger charge is 2.49. The molecule has 0 amide bonds. The van der Waals surface area contributed by atoms with Gasteiger partial charge in [-0.05, 0) is 61.8 Å². The molecular formula is C15H20N2O2. The van der Waals surface area contributed by atoms with Crippen molar-refractivity contribution in [2.75, 3.05) is 0 Å². The first-order valence-corrected chi connectivity index (χ1v) is 7.45. The van der Waals surface area contributed by atoms with Crippen molar-refractivity contribution in [3.63, 3.8) is 0 Å².